The fraction of sp³-hybridized carbons (Fsp3) is 0.632. The van der Waals surface area contributed by atoms with Gasteiger partial charge in [-0.3, -0.25) is 4.79 Å². The van der Waals surface area contributed by atoms with Gasteiger partial charge in [-0.15, -0.1) is 0 Å². The van der Waals surface area contributed by atoms with Gasteiger partial charge in [0.05, 0.1) is 12.5 Å². The Morgan fingerprint density at radius 3 is 2.52 bits per heavy atom. The summed E-state index contributed by atoms with van der Waals surface area (Å²) < 4.78 is 5.26. The molecular formula is C19H28N2O2. The molecule has 1 aromatic carbocycles. The van der Waals surface area contributed by atoms with Gasteiger partial charge in [0.15, 0.2) is 0 Å². The Hall–Kier alpha value is -1.55. The third-order valence-electron chi connectivity index (χ3n) is 5.42. The van der Waals surface area contributed by atoms with Gasteiger partial charge in [-0.1, -0.05) is 31.4 Å². The molecule has 2 N–H and O–H groups in total. The molecule has 0 spiro atoms. The number of nitrogens with one attached hydrogen (secondary N) is 2. The Morgan fingerprint density at radius 1 is 1.17 bits per heavy atom. The molecule has 0 unspecified atom stereocenters. The molecule has 1 aromatic rings. The molecule has 2 aliphatic rings. The lowest BCUT2D eigenvalue weighted by Crippen LogP contribution is -2.53. The van der Waals surface area contributed by atoms with Gasteiger partial charge in [0.1, 0.15) is 5.75 Å². The summed E-state index contributed by atoms with van der Waals surface area (Å²) in [5, 5.41) is 6.70. The molecule has 2 fully saturated rings. The van der Waals surface area contributed by atoms with Crippen LogP contribution in [-0.2, 0) is 10.2 Å². The van der Waals surface area contributed by atoms with Crippen molar-refractivity contribution in [3.05, 3.63) is 29.8 Å². The first kappa shape index (κ1) is 16.3. The van der Waals surface area contributed by atoms with Crippen LogP contribution in [0.4, 0.5) is 0 Å². The minimum Gasteiger partial charge on any atom is -0.497 e. The third-order valence-corrected chi connectivity index (χ3v) is 5.42. The molecule has 1 amide bonds. The van der Waals surface area contributed by atoms with Crippen LogP contribution >= 0.6 is 0 Å². The molecule has 4 nitrogen and oxygen atoms in total. The summed E-state index contributed by atoms with van der Waals surface area (Å²) in [6.07, 6.45) is 7.61. The average molecular weight is 316 g/mol. The van der Waals surface area contributed by atoms with Crippen molar-refractivity contribution in [3.63, 3.8) is 0 Å². The summed E-state index contributed by atoms with van der Waals surface area (Å²) in [6.45, 7) is 1.96. The summed E-state index contributed by atoms with van der Waals surface area (Å²) in [5.74, 6) is 1.06. The summed E-state index contributed by atoms with van der Waals surface area (Å²) in [6, 6.07) is 8.36. The summed E-state index contributed by atoms with van der Waals surface area (Å²) in [4.78, 5) is 13.2. The second kappa shape index (κ2) is 7.35. The van der Waals surface area contributed by atoms with E-state index in [4.69, 9.17) is 4.74 Å². The van der Waals surface area contributed by atoms with E-state index in [1.165, 1.54) is 6.42 Å². The van der Waals surface area contributed by atoms with E-state index in [2.05, 4.69) is 22.8 Å². The first-order valence-electron chi connectivity index (χ1n) is 8.91. The maximum absolute atomic E-state index is 13.2. The van der Waals surface area contributed by atoms with Crippen LogP contribution in [0.5, 0.6) is 5.75 Å². The predicted molar refractivity (Wildman–Crippen MR) is 91.8 cm³/mol. The molecule has 1 aliphatic carbocycles. The van der Waals surface area contributed by atoms with Crippen LogP contribution in [0.15, 0.2) is 24.3 Å². The molecule has 23 heavy (non-hydrogen) atoms. The number of ether oxygens (including phenoxy) is 1. The highest BCUT2D eigenvalue weighted by molar-refractivity contribution is 5.88. The van der Waals surface area contributed by atoms with Crippen LogP contribution in [0, 0.1) is 0 Å². The van der Waals surface area contributed by atoms with Gasteiger partial charge >= 0.3 is 0 Å². The minimum atomic E-state index is -0.359. The quantitative estimate of drug-likeness (QED) is 0.898. The summed E-state index contributed by atoms with van der Waals surface area (Å²) >= 11 is 0. The van der Waals surface area contributed by atoms with Gasteiger partial charge in [0.2, 0.25) is 5.91 Å². The van der Waals surface area contributed by atoms with E-state index in [1.807, 2.05) is 12.1 Å². The van der Waals surface area contributed by atoms with Crippen molar-refractivity contribution in [2.45, 2.75) is 56.4 Å². The van der Waals surface area contributed by atoms with Crippen LogP contribution in [0.25, 0.3) is 0 Å². The van der Waals surface area contributed by atoms with Crippen LogP contribution < -0.4 is 15.4 Å². The second-order valence-corrected chi connectivity index (χ2v) is 6.89. The number of rotatable bonds is 4. The second-order valence-electron chi connectivity index (χ2n) is 6.89. The van der Waals surface area contributed by atoms with Crippen LogP contribution in [-0.4, -0.2) is 32.1 Å². The number of carbonyl (C=O) groups is 1. The largest absolute Gasteiger partial charge is 0.497 e. The minimum absolute atomic E-state index is 0.219. The Kier molecular flexibility index (Phi) is 5.21. The van der Waals surface area contributed by atoms with Crippen molar-refractivity contribution < 1.29 is 9.53 Å². The lowest BCUT2D eigenvalue weighted by molar-refractivity contribution is -0.129. The fourth-order valence-electron chi connectivity index (χ4n) is 4.01. The van der Waals surface area contributed by atoms with E-state index in [-0.39, 0.29) is 17.4 Å². The van der Waals surface area contributed by atoms with E-state index in [0.717, 1.165) is 62.9 Å². The Balaban J connectivity index is 1.81. The monoisotopic (exact) mass is 316 g/mol. The van der Waals surface area contributed by atoms with Gasteiger partial charge in [0.25, 0.3) is 0 Å². The van der Waals surface area contributed by atoms with Gasteiger partial charge in [0, 0.05) is 12.6 Å². The standard InChI is InChI=1S/C19H28N2O2/c1-23-17-9-7-15(8-10-17)19(11-3-2-4-12-19)18(22)21-16-6-5-13-20-14-16/h7-10,16,20H,2-6,11-14H2,1H3,(H,21,22)/t16-/m0/s1. The number of amides is 1. The molecule has 0 radical (unpaired) electrons. The molecule has 1 aliphatic heterocycles. The number of benzene rings is 1. The molecule has 1 heterocycles. The first-order chi connectivity index (χ1) is 11.2. The number of carbonyl (C=O) groups excluding carboxylic acids is 1. The summed E-state index contributed by atoms with van der Waals surface area (Å²) in [5.41, 5.74) is 0.779. The SMILES string of the molecule is COc1ccc(C2(C(=O)N[C@H]3CCCNC3)CCCCC2)cc1. The van der Waals surface area contributed by atoms with Crippen molar-refractivity contribution in [1.82, 2.24) is 10.6 Å². The molecule has 1 saturated carbocycles. The maximum Gasteiger partial charge on any atom is 0.230 e. The highest BCUT2D eigenvalue weighted by atomic mass is 16.5. The van der Waals surface area contributed by atoms with Crippen molar-refractivity contribution in [2.24, 2.45) is 0 Å². The Morgan fingerprint density at radius 2 is 1.91 bits per heavy atom. The highest BCUT2D eigenvalue weighted by Gasteiger charge is 2.41. The lowest BCUT2D eigenvalue weighted by Gasteiger charge is -2.38. The van der Waals surface area contributed by atoms with E-state index in [1.54, 1.807) is 7.11 Å². The van der Waals surface area contributed by atoms with Gasteiger partial charge in [-0.25, -0.2) is 0 Å². The van der Waals surface area contributed by atoms with Gasteiger partial charge < -0.3 is 15.4 Å². The zero-order valence-electron chi connectivity index (χ0n) is 14.1. The van der Waals surface area contributed by atoms with Crippen molar-refractivity contribution in [2.75, 3.05) is 20.2 Å². The molecule has 3 rings (SSSR count). The Bertz CT molecular complexity index is 515. The van der Waals surface area contributed by atoms with E-state index < -0.39 is 0 Å². The maximum atomic E-state index is 13.2. The Labute approximate surface area is 139 Å². The molecular weight excluding hydrogens is 288 g/mol. The van der Waals surface area contributed by atoms with E-state index in [0.29, 0.717) is 0 Å². The highest BCUT2D eigenvalue weighted by Crippen LogP contribution is 2.40. The molecule has 126 valence electrons. The predicted octanol–water partition coefficient (Wildman–Crippen LogP) is 2.77. The van der Waals surface area contributed by atoms with E-state index in [9.17, 15) is 4.79 Å². The zero-order valence-corrected chi connectivity index (χ0v) is 14.1. The lowest BCUT2D eigenvalue weighted by atomic mass is 9.68. The average Bonchev–Trinajstić information content (AvgIpc) is 2.63. The van der Waals surface area contributed by atoms with Crippen molar-refractivity contribution >= 4 is 5.91 Å². The number of hydrogen-bond acceptors (Lipinski definition) is 3. The molecule has 4 heteroatoms. The zero-order chi connectivity index (χ0) is 16.1. The van der Waals surface area contributed by atoms with E-state index >= 15 is 0 Å². The van der Waals surface area contributed by atoms with Crippen LogP contribution in [0.3, 0.4) is 0 Å². The fourth-order valence-corrected chi connectivity index (χ4v) is 4.01. The smallest absolute Gasteiger partial charge is 0.230 e. The molecule has 0 bridgehead atoms. The number of piperidine rings is 1. The number of methoxy groups -OCH3 is 1. The van der Waals surface area contributed by atoms with Crippen LogP contribution in [0.2, 0.25) is 0 Å². The van der Waals surface area contributed by atoms with Crippen LogP contribution in [0.1, 0.15) is 50.5 Å². The topological polar surface area (TPSA) is 50.4 Å². The molecule has 0 aromatic heterocycles. The summed E-state index contributed by atoms with van der Waals surface area (Å²) in [7, 11) is 1.67. The normalized spacial score (nSPS) is 24.0. The number of hydrogen-bond donors (Lipinski definition) is 2. The van der Waals surface area contributed by atoms with Gasteiger partial charge in [-0.05, 0) is 49.9 Å². The van der Waals surface area contributed by atoms with Crippen molar-refractivity contribution in [3.8, 4) is 5.75 Å². The first-order valence-corrected chi connectivity index (χ1v) is 8.91. The molecule has 1 atom stereocenters. The van der Waals surface area contributed by atoms with Gasteiger partial charge in [-0.2, -0.15) is 0 Å². The molecule has 1 saturated heterocycles. The third kappa shape index (κ3) is 3.52. The van der Waals surface area contributed by atoms with Crippen molar-refractivity contribution in [1.29, 1.82) is 0 Å².